The number of fused-ring (bicyclic) bond motifs is 1. The molecule has 0 bridgehead atoms. The monoisotopic (exact) mass is 275 g/mol. The van der Waals surface area contributed by atoms with Crippen LogP contribution < -0.4 is 0 Å². The van der Waals surface area contributed by atoms with Crippen molar-refractivity contribution in [1.82, 2.24) is 4.90 Å². The lowest BCUT2D eigenvalue weighted by Crippen LogP contribution is -2.24. The number of hydrogen-bond donors (Lipinski definition) is 1. The van der Waals surface area contributed by atoms with Gasteiger partial charge in [0.2, 0.25) is 6.41 Å². The Hall–Kier alpha value is -1.72. The Labute approximate surface area is 109 Å². The van der Waals surface area contributed by atoms with Crippen LogP contribution >= 0.6 is 0 Å². The van der Waals surface area contributed by atoms with Crippen LogP contribution in [0.25, 0.3) is 0 Å². The number of aromatic hydroxyl groups is 1. The summed E-state index contributed by atoms with van der Waals surface area (Å²) in [5.74, 6) is 0.357. The van der Waals surface area contributed by atoms with Crippen molar-refractivity contribution >= 4 is 6.41 Å². The fourth-order valence-electron chi connectivity index (χ4n) is 1.88. The van der Waals surface area contributed by atoms with Gasteiger partial charge in [-0.1, -0.05) is 12.1 Å². The van der Waals surface area contributed by atoms with E-state index in [1.807, 2.05) is 12.1 Å². The average molecular weight is 275 g/mol. The zero-order chi connectivity index (χ0) is 14.5. The van der Waals surface area contributed by atoms with E-state index in [1.54, 1.807) is 11.0 Å². The number of alkyl halides is 3. The molecule has 0 aliphatic carbocycles. The van der Waals surface area contributed by atoms with E-state index in [2.05, 4.69) is 0 Å². The molecule has 1 aliphatic heterocycles. The fourth-order valence-corrected chi connectivity index (χ4v) is 1.88. The summed E-state index contributed by atoms with van der Waals surface area (Å²) in [6.45, 7) is 1.64. The van der Waals surface area contributed by atoms with Gasteiger partial charge in [0.1, 0.15) is 5.75 Å². The minimum absolute atomic E-state index is 0.188. The molecule has 0 fully saturated rings. The zero-order valence-electron chi connectivity index (χ0n) is 10.6. The summed E-state index contributed by atoms with van der Waals surface area (Å²) in [6.07, 6.45) is -1.54. The molecular formula is C13H16F3NO2. The van der Waals surface area contributed by atoms with Gasteiger partial charge in [-0.15, -0.1) is 0 Å². The summed E-state index contributed by atoms with van der Waals surface area (Å²) in [7, 11) is 0. The van der Waals surface area contributed by atoms with Crippen molar-refractivity contribution in [2.75, 3.05) is 13.1 Å². The van der Waals surface area contributed by atoms with Crippen molar-refractivity contribution in [1.29, 1.82) is 0 Å². The maximum Gasteiger partial charge on any atom is 0.386 e. The van der Waals surface area contributed by atoms with Crippen molar-refractivity contribution < 1.29 is 23.1 Å². The van der Waals surface area contributed by atoms with E-state index in [-0.39, 0.29) is 6.92 Å². The molecule has 0 atom stereocenters. The molecule has 1 aromatic carbocycles. The summed E-state index contributed by atoms with van der Waals surface area (Å²) >= 11 is 0. The number of rotatable bonds is 1. The van der Waals surface area contributed by atoms with Gasteiger partial charge in [0.15, 0.2) is 0 Å². The van der Waals surface area contributed by atoms with Crippen molar-refractivity contribution in [2.24, 2.45) is 0 Å². The molecule has 0 saturated carbocycles. The quantitative estimate of drug-likeness (QED) is 0.800. The minimum Gasteiger partial charge on any atom is -0.508 e. The number of amides is 1. The molecule has 2 rings (SSSR count). The van der Waals surface area contributed by atoms with Crippen LogP contribution in [-0.2, 0) is 17.6 Å². The van der Waals surface area contributed by atoms with E-state index >= 15 is 0 Å². The lowest BCUT2D eigenvalue weighted by Gasteiger charge is -2.12. The van der Waals surface area contributed by atoms with Crippen molar-refractivity contribution in [3.8, 4) is 5.75 Å². The first-order chi connectivity index (χ1) is 8.81. The number of carbonyl (C=O) groups is 1. The summed E-state index contributed by atoms with van der Waals surface area (Å²) < 4.78 is 31.1. The number of carbonyl (C=O) groups excluding carboxylic acids is 1. The van der Waals surface area contributed by atoms with Gasteiger partial charge in [0.25, 0.3) is 0 Å². The molecular weight excluding hydrogens is 259 g/mol. The molecule has 6 heteroatoms. The van der Waals surface area contributed by atoms with Crippen LogP contribution in [0.3, 0.4) is 0 Å². The van der Waals surface area contributed by atoms with Crippen LogP contribution in [-0.4, -0.2) is 35.7 Å². The van der Waals surface area contributed by atoms with E-state index < -0.39 is 6.18 Å². The van der Waals surface area contributed by atoms with Gasteiger partial charge in [-0.2, -0.15) is 13.2 Å². The maximum absolute atomic E-state index is 10.6. The summed E-state index contributed by atoms with van der Waals surface area (Å²) in [5.41, 5.74) is 2.16. The number of hydrogen-bond acceptors (Lipinski definition) is 2. The normalized spacial score (nSPS) is 14.8. The number of halogens is 3. The lowest BCUT2D eigenvalue weighted by molar-refractivity contribution is -0.118. The maximum atomic E-state index is 10.6. The SMILES string of the molecule is CC(F)(F)F.O=CN1CCc2cccc(O)c2CC1. The van der Waals surface area contributed by atoms with Gasteiger partial charge < -0.3 is 10.0 Å². The number of phenolic OH excluding ortho intramolecular Hbond substituents is 1. The van der Waals surface area contributed by atoms with Crippen LogP contribution in [0.2, 0.25) is 0 Å². The van der Waals surface area contributed by atoms with Crippen molar-refractivity contribution in [3.05, 3.63) is 29.3 Å². The number of phenols is 1. The van der Waals surface area contributed by atoms with E-state index in [9.17, 15) is 23.1 Å². The van der Waals surface area contributed by atoms with Gasteiger partial charge in [0, 0.05) is 20.0 Å². The molecule has 0 radical (unpaired) electrons. The highest BCUT2D eigenvalue weighted by atomic mass is 19.4. The third kappa shape index (κ3) is 5.63. The van der Waals surface area contributed by atoms with Crippen LogP contribution in [0, 0.1) is 0 Å². The average Bonchev–Trinajstić information content (AvgIpc) is 2.50. The smallest absolute Gasteiger partial charge is 0.386 e. The second-order valence-electron chi connectivity index (χ2n) is 4.34. The second kappa shape index (κ2) is 6.45. The molecule has 1 aromatic rings. The fraction of sp³-hybridized carbons (Fsp3) is 0.462. The molecule has 1 N–H and O–H groups in total. The van der Waals surface area contributed by atoms with Crippen LogP contribution in [0.5, 0.6) is 5.75 Å². The molecule has 1 heterocycles. The number of benzene rings is 1. The topological polar surface area (TPSA) is 40.5 Å². The van der Waals surface area contributed by atoms with E-state index in [0.717, 1.165) is 36.9 Å². The zero-order valence-corrected chi connectivity index (χ0v) is 10.6. The molecule has 0 unspecified atom stereocenters. The molecule has 0 aromatic heterocycles. The molecule has 106 valence electrons. The Bertz CT molecular complexity index is 426. The Morgan fingerprint density at radius 2 is 1.84 bits per heavy atom. The van der Waals surface area contributed by atoms with Crippen LogP contribution in [0.4, 0.5) is 13.2 Å². The van der Waals surface area contributed by atoms with E-state index in [0.29, 0.717) is 12.3 Å². The molecule has 1 aliphatic rings. The Kier molecular flexibility index (Phi) is 5.20. The first-order valence-electron chi connectivity index (χ1n) is 5.87. The molecule has 1 amide bonds. The van der Waals surface area contributed by atoms with Crippen molar-refractivity contribution in [2.45, 2.75) is 25.9 Å². The lowest BCUT2D eigenvalue weighted by atomic mass is 10.0. The highest BCUT2D eigenvalue weighted by Gasteiger charge is 2.15. The molecule has 0 spiro atoms. The van der Waals surface area contributed by atoms with Gasteiger partial charge in [-0.25, -0.2) is 0 Å². The highest BCUT2D eigenvalue weighted by molar-refractivity contribution is 5.49. The molecule has 19 heavy (non-hydrogen) atoms. The largest absolute Gasteiger partial charge is 0.508 e. The van der Waals surface area contributed by atoms with Crippen LogP contribution in [0.15, 0.2) is 18.2 Å². The first-order valence-corrected chi connectivity index (χ1v) is 5.87. The predicted octanol–water partition coefficient (Wildman–Crippen LogP) is 2.52. The Morgan fingerprint density at radius 1 is 1.26 bits per heavy atom. The summed E-state index contributed by atoms with van der Waals surface area (Å²) in [4.78, 5) is 12.4. The third-order valence-electron chi connectivity index (χ3n) is 2.71. The van der Waals surface area contributed by atoms with Crippen LogP contribution in [0.1, 0.15) is 18.1 Å². The number of nitrogens with zero attached hydrogens (tertiary/aromatic N) is 1. The summed E-state index contributed by atoms with van der Waals surface area (Å²) in [5, 5.41) is 9.63. The predicted molar refractivity (Wildman–Crippen MR) is 64.9 cm³/mol. The highest BCUT2D eigenvalue weighted by Crippen LogP contribution is 2.24. The van der Waals surface area contributed by atoms with E-state index in [4.69, 9.17) is 0 Å². The van der Waals surface area contributed by atoms with Gasteiger partial charge >= 0.3 is 6.18 Å². The van der Waals surface area contributed by atoms with E-state index in [1.165, 1.54) is 0 Å². The standard InChI is InChI=1S/C11H13NO2.C2H3F3/c13-8-12-6-4-9-2-1-3-11(14)10(9)5-7-12;1-2(3,4)5/h1-3,8,14H,4-7H2;1H3. The van der Waals surface area contributed by atoms with Gasteiger partial charge in [-0.05, 0) is 30.0 Å². The third-order valence-corrected chi connectivity index (χ3v) is 2.71. The second-order valence-corrected chi connectivity index (χ2v) is 4.34. The molecule has 0 saturated heterocycles. The molecule has 3 nitrogen and oxygen atoms in total. The summed E-state index contributed by atoms with van der Waals surface area (Å²) in [6, 6.07) is 5.57. The Balaban J connectivity index is 0.000000312. The first kappa shape index (κ1) is 15.3. The van der Waals surface area contributed by atoms with Gasteiger partial charge in [0.05, 0.1) is 0 Å². The minimum atomic E-state index is -4.00. The van der Waals surface area contributed by atoms with Gasteiger partial charge in [-0.3, -0.25) is 4.79 Å². The Morgan fingerprint density at radius 3 is 2.42 bits per heavy atom. The van der Waals surface area contributed by atoms with Crippen molar-refractivity contribution in [3.63, 3.8) is 0 Å².